The number of ether oxygens (including phenoxy) is 3. The highest BCUT2D eigenvalue weighted by atomic mass is 16.5. The summed E-state index contributed by atoms with van der Waals surface area (Å²) in [4.78, 5) is 28.2. The summed E-state index contributed by atoms with van der Waals surface area (Å²) in [5.74, 6) is 0.135. The Labute approximate surface area is 209 Å². The Morgan fingerprint density at radius 2 is 1.75 bits per heavy atom. The Balaban J connectivity index is 1.65. The number of aliphatic hydroxyl groups is 1. The van der Waals surface area contributed by atoms with Crippen LogP contribution in [0.5, 0.6) is 17.2 Å². The van der Waals surface area contributed by atoms with Crippen LogP contribution >= 0.6 is 0 Å². The number of amides is 1. The molecule has 1 N–H and O–H groups in total. The number of carbonyl (C=O) groups excluding carboxylic acids is 2. The van der Waals surface area contributed by atoms with Crippen molar-refractivity contribution in [3.63, 3.8) is 0 Å². The molecule has 7 heteroatoms. The second-order valence-electron chi connectivity index (χ2n) is 8.98. The first-order valence-corrected chi connectivity index (χ1v) is 11.8. The minimum absolute atomic E-state index is 0.0371. The van der Waals surface area contributed by atoms with E-state index < -0.39 is 17.7 Å². The highest BCUT2D eigenvalue weighted by Gasteiger charge is 2.46. The van der Waals surface area contributed by atoms with Gasteiger partial charge in [-0.25, -0.2) is 0 Å². The van der Waals surface area contributed by atoms with E-state index >= 15 is 0 Å². The molecule has 0 aliphatic carbocycles. The zero-order valence-electron chi connectivity index (χ0n) is 20.4. The minimum Gasteiger partial charge on any atom is -0.507 e. The van der Waals surface area contributed by atoms with E-state index in [-0.39, 0.29) is 24.0 Å². The largest absolute Gasteiger partial charge is 0.507 e. The third-order valence-electron chi connectivity index (χ3n) is 6.63. The molecule has 1 fully saturated rings. The monoisotopic (exact) mass is 485 g/mol. The average Bonchev–Trinajstić information content (AvgIpc) is 3.39. The van der Waals surface area contributed by atoms with Crippen LogP contribution in [0.4, 0.5) is 0 Å². The summed E-state index contributed by atoms with van der Waals surface area (Å²) in [6.45, 7) is 2.18. The van der Waals surface area contributed by atoms with Crippen LogP contribution in [0.1, 0.15) is 35.2 Å². The standard InChI is InChI=1S/C29H27NO6/c1-17-13-21-14-20(10-11-22(21)36-17)27(31)25-26(19-9-12-23(34-2)24(15-19)35-3)30(29(33)28(25)32)16-18-7-5-4-6-8-18/h4-12,14-15,17,26,31H,13,16H2,1-3H3/b27-25+. The zero-order valence-corrected chi connectivity index (χ0v) is 20.4. The molecule has 1 amide bonds. The van der Waals surface area contributed by atoms with E-state index in [0.29, 0.717) is 29.0 Å². The normalized spacial score (nSPS) is 20.2. The van der Waals surface area contributed by atoms with Gasteiger partial charge in [0.2, 0.25) is 0 Å². The van der Waals surface area contributed by atoms with Crippen LogP contribution in [0.2, 0.25) is 0 Å². The minimum atomic E-state index is -0.812. The van der Waals surface area contributed by atoms with E-state index in [1.807, 2.05) is 43.3 Å². The summed E-state index contributed by atoms with van der Waals surface area (Å²) >= 11 is 0. The molecule has 0 saturated carbocycles. The van der Waals surface area contributed by atoms with Crippen molar-refractivity contribution in [3.8, 4) is 17.2 Å². The first-order valence-electron chi connectivity index (χ1n) is 11.8. The van der Waals surface area contributed by atoms with Gasteiger partial charge in [0.25, 0.3) is 11.7 Å². The molecular formula is C29H27NO6. The van der Waals surface area contributed by atoms with E-state index in [9.17, 15) is 14.7 Å². The number of benzene rings is 3. The quantitative estimate of drug-likeness (QED) is 0.311. The number of Topliss-reactive ketones (excluding diaryl/α,β-unsaturated/α-hetero) is 1. The maximum atomic E-state index is 13.4. The summed E-state index contributed by atoms with van der Waals surface area (Å²) in [5, 5.41) is 11.4. The van der Waals surface area contributed by atoms with Gasteiger partial charge < -0.3 is 24.2 Å². The first kappa shape index (κ1) is 23.5. The lowest BCUT2D eigenvalue weighted by molar-refractivity contribution is -0.140. The maximum Gasteiger partial charge on any atom is 0.295 e. The molecule has 36 heavy (non-hydrogen) atoms. The van der Waals surface area contributed by atoms with Gasteiger partial charge in [-0.05, 0) is 53.9 Å². The molecule has 3 aromatic rings. The zero-order chi connectivity index (χ0) is 25.4. The molecule has 2 aliphatic rings. The molecule has 0 bridgehead atoms. The van der Waals surface area contributed by atoms with Crippen molar-refractivity contribution >= 4 is 17.4 Å². The second kappa shape index (κ2) is 9.41. The summed E-state index contributed by atoms with van der Waals surface area (Å²) in [6.07, 6.45) is 0.748. The molecule has 1 saturated heterocycles. The fraction of sp³-hybridized carbons (Fsp3) is 0.241. The van der Waals surface area contributed by atoms with Crippen LogP contribution in [0.25, 0.3) is 5.76 Å². The lowest BCUT2D eigenvalue weighted by Crippen LogP contribution is -2.29. The second-order valence-corrected chi connectivity index (χ2v) is 8.98. The van der Waals surface area contributed by atoms with Crippen LogP contribution in [0.3, 0.4) is 0 Å². The third-order valence-corrected chi connectivity index (χ3v) is 6.63. The number of hydrogen-bond acceptors (Lipinski definition) is 6. The van der Waals surface area contributed by atoms with Crippen molar-refractivity contribution in [2.75, 3.05) is 14.2 Å². The Morgan fingerprint density at radius 3 is 2.47 bits per heavy atom. The van der Waals surface area contributed by atoms with Gasteiger partial charge in [0.1, 0.15) is 17.6 Å². The molecule has 0 aromatic heterocycles. The van der Waals surface area contributed by atoms with E-state index in [2.05, 4.69) is 0 Å². The third kappa shape index (κ3) is 4.06. The SMILES string of the molecule is COc1ccc(C2/C(=C(\O)c3ccc4c(c3)CC(C)O4)C(=O)C(=O)N2Cc2ccccc2)cc1OC. The predicted octanol–water partition coefficient (Wildman–Crippen LogP) is 4.65. The fourth-order valence-corrected chi connectivity index (χ4v) is 4.92. The van der Waals surface area contributed by atoms with Crippen LogP contribution in [-0.2, 0) is 22.6 Å². The maximum absolute atomic E-state index is 13.4. The number of fused-ring (bicyclic) bond motifs is 1. The molecule has 3 aromatic carbocycles. The van der Waals surface area contributed by atoms with E-state index in [1.54, 1.807) is 30.3 Å². The summed E-state index contributed by atoms with van der Waals surface area (Å²) in [6, 6.07) is 19.2. The van der Waals surface area contributed by atoms with Crippen LogP contribution in [0.15, 0.2) is 72.3 Å². The molecule has 2 atom stereocenters. The van der Waals surface area contributed by atoms with Gasteiger partial charge in [0, 0.05) is 18.5 Å². The molecule has 0 spiro atoms. The number of ketones is 1. The van der Waals surface area contributed by atoms with Gasteiger partial charge in [0.15, 0.2) is 11.5 Å². The fourth-order valence-electron chi connectivity index (χ4n) is 4.92. The van der Waals surface area contributed by atoms with Gasteiger partial charge in [-0.2, -0.15) is 0 Å². The molecule has 2 aliphatic heterocycles. The number of nitrogens with zero attached hydrogens (tertiary/aromatic N) is 1. The number of aliphatic hydroxyl groups excluding tert-OH is 1. The van der Waals surface area contributed by atoms with Crippen LogP contribution in [0, 0.1) is 0 Å². The molecular weight excluding hydrogens is 458 g/mol. The molecule has 2 unspecified atom stereocenters. The van der Waals surface area contributed by atoms with E-state index in [4.69, 9.17) is 14.2 Å². The van der Waals surface area contributed by atoms with Crippen molar-refractivity contribution in [2.45, 2.75) is 32.0 Å². The first-order chi connectivity index (χ1) is 17.4. The number of hydrogen-bond donors (Lipinski definition) is 1. The smallest absolute Gasteiger partial charge is 0.295 e. The summed E-state index contributed by atoms with van der Waals surface area (Å²) in [5.41, 5.74) is 2.95. The summed E-state index contributed by atoms with van der Waals surface area (Å²) < 4.78 is 16.6. The Bertz CT molecular complexity index is 1360. The predicted molar refractivity (Wildman–Crippen MR) is 134 cm³/mol. The lowest BCUT2D eigenvalue weighted by Gasteiger charge is -2.26. The molecule has 0 radical (unpaired) electrons. The van der Waals surface area contributed by atoms with Crippen molar-refractivity contribution < 1.29 is 28.9 Å². The molecule has 2 heterocycles. The Hall–Kier alpha value is -4.26. The van der Waals surface area contributed by atoms with Gasteiger partial charge >= 0.3 is 0 Å². The van der Waals surface area contributed by atoms with Crippen molar-refractivity contribution in [3.05, 3.63) is 94.6 Å². The highest BCUT2D eigenvalue weighted by molar-refractivity contribution is 6.46. The number of rotatable bonds is 6. The Morgan fingerprint density at radius 1 is 1.00 bits per heavy atom. The van der Waals surface area contributed by atoms with Gasteiger partial charge in [-0.15, -0.1) is 0 Å². The van der Waals surface area contributed by atoms with Crippen molar-refractivity contribution in [2.24, 2.45) is 0 Å². The van der Waals surface area contributed by atoms with E-state index in [0.717, 1.165) is 16.9 Å². The lowest BCUT2D eigenvalue weighted by atomic mass is 9.94. The van der Waals surface area contributed by atoms with Crippen molar-refractivity contribution in [1.82, 2.24) is 4.90 Å². The van der Waals surface area contributed by atoms with E-state index in [1.165, 1.54) is 19.1 Å². The number of carbonyl (C=O) groups is 2. The molecule has 184 valence electrons. The molecule has 5 rings (SSSR count). The van der Waals surface area contributed by atoms with Crippen molar-refractivity contribution in [1.29, 1.82) is 0 Å². The van der Waals surface area contributed by atoms with Gasteiger partial charge in [-0.1, -0.05) is 36.4 Å². The molecule has 7 nitrogen and oxygen atoms in total. The van der Waals surface area contributed by atoms with Crippen LogP contribution in [-0.4, -0.2) is 42.0 Å². The number of likely N-dealkylation sites (tertiary alicyclic amines) is 1. The van der Waals surface area contributed by atoms with Gasteiger partial charge in [0.05, 0.1) is 25.8 Å². The number of methoxy groups -OCH3 is 2. The summed E-state index contributed by atoms with van der Waals surface area (Å²) in [7, 11) is 3.06. The topological polar surface area (TPSA) is 85.3 Å². The van der Waals surface area contributed by atoms with Crippen LogP contribution < -0.4 is 14.2 Å². The average molecular weight is 486 g/mol. The van der Waals surface area contributed by atoms with Gasteiger partial charge in [-0.3, -0.25) is 9.59 Å². The Kier molecular flexibility index (Phi) is 6.14. The highest BCUT2D eigenvalue weighted by Crippen LogP contribution is 2.43.